The van der Waals surface area contributed by atoms with Gasteiger partial charge in [-0.3, -0.25) is 9.59 Å². The van der Waals surface area contributed by atoms with Crippen LogP contribution in [-0.2, 0) is 9.59 Å². The highest BCUT2D eigenvalue weighted by atomic mass is 35.5. The molecule has 22 heavy (non-hydrogen) atoms. The first-order valence-corrected chi connectivity index (χ1v) is 8.59. The summed E-state index contributed by atoms with van der Waals surface area (Å²) in [5, 5.41) is 3.02. The van der Waals surface area contributed by atoms with Gasteiger partial charge in [0, 0.05) is 35.5 Å². The van der Waals surface area contributed by atoms with E-state index in [1.807, 2.05) is 11.0 Å². The molecular formula is C15H18ClN3O2S. The zero-order chi connectivity index (χ0) is 15.7. The minimum atomic E-state index is -0.392. The summed E-state index contributed by atoms with van der Waals surface area (Å²) in [6, 6.07) is 5.58. The van der Waals surface area contributed by atoms with Crippen LogP contribution in [0.15, 0.2) is 23.1 Å². The molecule has 2 aliphatic rings. The lowest BCUT2D eigenvalue weighted by Gasteiger charge is -2.32. The van der Waals surface area contributed by atoms with Gasteiger partial charge in [-0.2, -0.15) is 0 Å². The van der Waals surface area contributed by atoms with Crippen molar-refractivity contribution in [2.24, 2.45) is 5.73 Å². The summed E-state index contributed by atoms with van der Waals surface area (Å²) in [5.74, 6) is -0.112. The molecule has 1 aromatic rings. The van der Waals surface area contributed by atoms with Gasteiger partial charge in [0.2, 0.25) is 11.8 Å². The Labute approximate surface area is 138 Å². The third kappa shape index (κ3) is 3.39. The van der Waals surface area contributed by atoms with E-state index in [2.05, 4.69) is 5.32 Å². The Kier molecular flexibility index (Phi) is 4.61. The molecule has 1 fully saturated rings. The number of rotatable bonds is 2. The van der Waals surface area contributed by atoms with E-state index >= 15 is 0 Å². The van der Waals surface area contributed by atoms with E-state index in [9.17, 15) is 9.59 Å². The third-order valence-corrected chi connectivity index (χ3v) is 5.52. The van der Waals surface area contributed by atoms with E-state index in [-0.39, 0.29) is 24.3 Å². The van der Waals surface area contributed by atoms with Crippen LogP contribution in [0, 0.1) is 0 Å². The van der Waals surface area contributed by atoms with Crippen LogP contribution in [0.2, 0.25) is 5.02 Å². The van der Waals surface area contributed by atoms with Crippen LogP contribution in [-0.4, -0.2) is 41.1 Å². The number of nitrogens with one attached hydrogen (secondary N) is 1. The van der Waals surface area contributed by atoms with Crippen molar-refractivity contribution in [3.05, 3.63) is 23.2 Å². The van der Waals surface area contributed by atoms with Crippen molar-refractivity contribution >= 4 is 40.9 Å². The Morgan fingerprint density at radius 2 is 2.14 bits per heavy atom. The number of thioether (sulfide) groups is 1. The Hall–Kier alpha value is -1.24. The van der Waals surface area contributed by atoms with Crippen LogP contribution in [0.5, 0.6) is 0 Å². The van der Waals surface area contributed by atoms with Crippen molar-refractivity contribution in [2.45, 2.75) is 35.4 Å². The molecule has 2 heterocycles. The van der Waals surface area contributed by atoms with Gasteiger partial charge in [-0.1, -0.05) is 11.6 Å². The Morgan fingerprint density at radius 1 is 1.41 bits per heavy atom. The van der Waals surface area contributed by atoms with Gasteiger partial charge < -0.3 is 16.0 Å². The van der Waals surface area contributed by atoms with Crippen LogP contribution in [0.1, 0.15) is 19.3 Å². The molecule has 118 valence electrons. The monoisotopic (exact) mass is 339 g/mol. The summed E-state index contributed by atoms with van der Waals surface area (Å²) in [5.41, 5.74) is 6.57. The summed E-state index contributed by atoms with van der Waals surface area (Å²) in [6.45, 7) is 1.37. The first-order chi connectivity index (χ1) is 10.5. The van der Waals surface area contributed by atoms with Gasteiger partial charge >= 0.3 is 0 Å². The minimum absolute atomic E-state index is 0.0250. The molecule has 1 aromatic carbocycles. The fraction of sp³-hybridized carbons (Fsp3) is 0.467. The molecule has 2 amide bonds. The van der Waals surface area contributed by atoms with Crippen molar-refractivity contribution in [3.8, 4) is 0 Å². The smallest absolute Gasteiger partial charge is 0.238 e. The van der Waals surface area contributed by atoms with Gasteiger partial charge in [-0.25, -0.2) is 0 Å². The number of hydrogen-bond donors (Lipinski definition) is 2. The van der Waals surface area contributed by atoms with Crippen molar-refractivity contribution in [3.63, 3.8) is 0 Å². The Bertz CT molecular complexity index is 602. The predicted molar refractivity (Wildman–Crippen MR) is 88.1 cm³/mol. The zero-order valence-electron chi connectivity index (χ0n) is 12.0. The van der Waals surface area contributed by atoms with Gasteiger partial charge in [0.25, 0.3) is 0 Å². The summed E-state index contributed by atoms with van der Waals surface area (Å²) in [6.07, 6.45) is 1.88. The number of nitrogens with zero attached hydrogens (tertiary/aromatic N) is 1. The second kappa shape index (κ2) is 6.48. The molecule has 1 atom stereocenters. The number of benzene rings is 1. The van der Waals surface area contributed by atoms with Crippen LogP contribution < -0.4 is 11.1 Å². The Morgan fingerprint density at radius 3 is 2.86 bits per heavy atom. The maximum absolute atomic E-state index is 12.4. The standard InChI is InChI=1S/C15H18ClN3O2S/c16-9-1-2-12-11(7-9)18-15(21)13(22-12)8-14(20)19-5-3-10(17)4-6-19/h1-2,7,10,13H,3-6,8,17H2,(H,18,21). The highest BCUT2D eigenvalue weighted by molar-refractivity contribution is 8.01. The number of likely N-dealkylation sites (tertiary alicyclic amines) is 1. The summed E-state index contributed by atoms with van der Waals surface area (Å²) < 4.78 is 0. The van der Waals surface area contributed by atoms with E-state index < -0.39 is 5.25 Å². The van der Waals surface area contributed by atoms with Crippen molar-refractivity contribution in [2.75, 3.05) is 18.4 Å². The fourth-order valence-electron chi connectivity index (χ4n) is 2.69. The normalized spacial score (nSPS) is 22.2. The molecule has 3 rings (SSSR count). The van der Waals surface area contributed by atoms with Crippen molar-refractivity contribution in [1.82, 2.24) is 4.90 Å². The predicted octanol–water partition coefficient (Wildman–Crippen LogP) is 2.09. The number of carbonyl (C=O) groups excluding carboxylic acids is 2. The number of hydrogen-bond acceptors (Lipinski definition) is 4. The largest absolute Gasteiger partial charge is 0.343 e. The highest BCUT2D eigenvalue weighted by Gasteiger charge is 2.31. The average molecular weight is 340 g/mol. The summed E-state index contributed by atoms with van der Waals surface area (Å²) in [4.78, 5) is 27.3. The SMILES string of the molecule is NC1CCN(C(=O)CC2Sc3ccc(Cl)cc3NC2=O)CC1. The maximum Gasteiger partial charge on any atom is 0.238 e. The van der Waals surface area contributed by atoms with Gasteiger partial charge in [0.1, 0.15) is 0 Å². The van der Waals surface area contributed by atoms with Crippen LogP contribution >= 0.6 is 23.4 Å². The number of fused-ring (bicyclic) bond motifs is 1. The van der Waals surface area contributed by atoms with Crippen molar-refractivity contribution in [1.29, 1.82) is 0 Å². The molecule has 2 aliphatic heterocycles. The number of anilines is 1. The quantitative estimate of drug-likeness (QED) is 0.865. The Balaban J connectivity index is 1.64. The molecule has 1 saturated heterocycles. The number of amides is 2. The lowest BCUT2D eigenvalue weighted by molar-refractivity contribution is -0.133. The van der Waals surface area contributed by atoms with Crippen LogP contribution in [0.25, 0.3) is 0 Å². The molecule has 0 spiro atoms. The molecule has 0 aromatic heterocycles. The zero-order valence-corrected chi connectivity index (χ0v) is 13.6. The number of carbonyl (C=O) groups is 2. The number of halogens is 1. The minimum Gasteiger partial charge on any atom is -0.343 e. The molecule has 7 heteroatoms. The topological polar surface area (TPSA) is 75.4 Å². The summed E-state index contributed by atoms with van der Waals surface area (Å²) >= 11 is 7.35. The highest BCUT2D eigenvalue weighted by Crippen LogP contribution is 2.38. The summed E-state index contributed by atoms with van der Waals surface area (Å²) in [7, 11) is 0. The molecule has 0 bridgehead atoms. The molecule has 0 saturated carbocycles. The maximum atomic E-state index is 12.4. The first-order valence-electron chi connectivity index (χ1n) is 7.33. The average Bonchev–Trinajstić information content (AvgIpc) is 2.49. The number of nitrogens with two attached hydrogens (primary N) is 1. The molecule has 5 nitrogen and oxygen atoms in total. The van der Waals surface area contributed by atoms with E-state index in [4.69, 9.17) is 17.3 Å². The van der Waals surface area contributed by atoms with E-state index in [1.54, 1.807) is 12.1 Å². The van der Waals surface area contributed by atoms with Gasteiger partial charge in [-0.15, -0.1) is 11.8 Å². The molecule has 1 unspecified atom stereocenters. The fourth-order valence-corrected chi connectivity index (χ4v) is 3.95. The van der Waals surface area contributed by atoms with Crippen LogP contribution in [0.3, 0.4) is 0 Å². The second-order valence-electron chi connectivity index (χ2n) is 5.66. The van der Waals surface area contributed by atoms with Crippen molar-refractivity contribution < 1.29 is 9.59 Å². The lowest BCUT2D eigenvalue weighted by atomic mass is 10.1. The first kappa shape index (κ1) is 15.6. The lowest BCUT2D eigenvalue weighted by Crippen LogP contribution is -2.44. The molecule has 0 aliphatic carbocycles. The molecule has 3 N–H and O–H groups in total. The van der Waals surface area contributed by atoms with E-state index in [0.29, 0.717) is 18.1 Å². The van der Waals surface area contributed by atoms with Crippen LogP contribution in [0.4, 0.5) is 5.69 Å². The molecular weight excluding hydrogens is 322 g/mol. The van der Waals surface area contributed by atoms with Gasteiger partial charge in [0.15, 0.2) is 0 Å². The van der Waals surface area contributed by atoms with E-state index in [1.165, 1.54) is 11.8 Å². The number of piperidine rings is 1. The second-order valence-corrected chi connectivity index (χ2v) is 7.34. The van der Waals surface area contributed by atoms with Gasteiger partial charge in [0.05, 0.1) is 10.9 Å². The van der Waals surface area contributed by atoms with E-state index in [0.717, 1.165) is 23.4 Å². The van der Waals surface area contributed by atoms with Gasteiger partial charge in [-0.05, 0) is 31.0 Å². The molecule has 0 radical (unpaired) electrons. The third-order valence-electron chi connectivity index (χ3n) is 4.01.